The van der Waals surface area contributed by atoms with Gasteiger partial charge in [0.1, 0.15) is 34.4 Å². The Balaban J connectivity index is 0.666. The summed E-state index contributed by atoms with van der Waals surface area (Å²) in [6, 6.07) is 9.11. The number of hydrogen-bond acceptors (Lipinski definition) is 11. The molecule has 1 unspecified atom stereocenters. The number of alkyl halides is 2. The van der Waals surface area contributed by atoms with Gasteiger partial charge < -0.3 is 24.5 Å². The zero-order valence-corrected chi connectivity index (χ0v) is 43.0. The number of benzene rings is 3. The lowest BCUT2D eigenvalue weighted by Crippen LogP contribution is -2.59. The summed E-state index contributed by atoms with van der Waals surface area (Å²) in [6.45, 7) is 7.48. The first-order chi connectivity index (χ1) is 36.5. The lowest BCUT2D eigenvalue weighted by atomic mass is 9.59. The zero-order valence-electron chi connectivity index (χ0n) is 43.0. The highest BCUT2D eigenvalue weighted by Gasteiger charge is 2.62. The maximum absolute atomic E-state index is 17.3. The van der Waals surface area contributed by atoms with Gasteiger partial charge in [-0.2, -0.15) is 15.1 Å². The Labute approximate surface area is 437 Å². The molecule has 76 heavy (non-hydrogen) atoms. The van der Waals surface area contributed by atoms with E-state index in [9.17, 15) is 14.7 Å². The van der Waals surface area contributed by atoms with Crippen molar-refractivity contribution in [1.29, 1.82) is 0 Å². The molecule has 4 saturated heterocycles. The second-order valence-corrected chi connectivity index (χ2v) is 23.5. The number of aryl methyl sites for hydroxylation is 2. The number of halogens is 5. The number of aromatic hydroxyl groups is 1. The van der Waals surface area contributed by atoms with E-state index >= 15 is 22.0 Å². The van der Waals surface area contributed by atoms with Gasteiger partial charge in [0, 0.05) is 74.7 Å². The summed E-state index contributed by atoms with van der Waals surface area (Å²) in [5.41, 5.74) is 0.828. The third-order valence-electron chi connectivity index (χ3n) is 19.0. The monoisotopic (exact) mass is 1050 g/mol. The molecule has 1 atom stereocenters. The third kappa shape index (κ3) is 8.31. The first kappa shape index (κ1) is 49.4. The first-order valence-electron chi connectivity index (χ1n) is 27.3. The molecular weight excluding hydrogens is 984 g/mol. The van der Waals surface area contributed by atoms with E-state index in [-0.39, 0.29) is 82.9 Å². The largest absolute Gasteiger partial charge is 0.508 e. The number of urea groups is 1. The molecule has 3 amide bonds. The molecule has 3 aromatic carbocycles. The van der Waals surface area contributed by atoms with Crippen molar-refractivity contribution < 1.29 is 41.4 Å². The maximum Gasteiger partial charge on any atom is 0.329 e. The second-order valence-electron chi connectivity index (χ2n) is 23.5. The number of phenolic OH excluding ortho intramolecular Hbond substituents is 1. The number of imide groups is 1. The molecule has 7 aliphatic rings. The molecule has 19 heteroatoms. The van der Waals surface area contributed by atoms with Gasteiger partial charge in [0.2, 0.25) is 5.91 Å². The molecule has 7 heterocycles. The van der Waals surface area contributed by atoms with E-state index in [1.165, 1.54) is 35.4 Å². The molecule has 0 bridgehead atoms. The first-order valence-corrected chi connectivity index (χ1v) is 27.3. The van der Waals surface area contributed by atoms with Crippen LogP contribution in [0.5, 0.6) is 11.8 Å². The van der Waals surface area contributed by atoms with Crippen LogP contribution in [-0.4, -0.2) is 123 Å². The van der Waals surface area contributed by atoms with Crippen molar-refractivity contribution in [3.63, 3.8) is 0 Å². The summed E-state index contributed by atoms with van der Waals surface area (Å²) in [5.74, 6) is -4.08. The van der Waals surface area contributed by atoms with Gasteiger partial charge in [-0.15, -0.1) is 0 Å². The summed E-state index contributed by atoms with van der Waals surface area (Å²) in [4.78, 5) is 46.8. The number of piperidine rings is 3. The van der Waals surface area contributed by atoms with Crippen molar-refractivity contribution in [1.82, 2.24) is 39.8 Å². The minimum atomic E-state index is -2.81. The fourth-order valence-electron chi connectivity index (χ4n) is 14.2. The van der Waals surface area contributed by atoms with Gasteiger partial charge in [-0.1, -0.05) is 13.0 Å². The van der Waals surface area contributed by atoms with Crippen LogP contribution in [0.2, 0.25) is 0 Å². The summed E-state index contributed by atoms with van der Waals surface area (Å²) < 4.78 is 87.1. The van der Waals surface area contributed by atoms with Crippen LogP contribution in [-0.2, 0) is 18.3 Å². The highest BCUT2D eigenvalue weighted by atomic mass is 19.3. The van der Waals surface area contributed by atoms with E-state index in [0.29, 0.717) is 89.2 Å². The summed E-state index contributed by atoms with van der Waals surface area (Å²) >= 11 is 0. The van der Waals surface area contributed by atoms with Crippen LogP contribution in [0.4, 0.5) is 38.4 Å². The molecule has 3 aliphatic carbocycles. The molecule has 4 aliphatic heterocycles. The van der Waals surface area contributed by atoms with Crippen LogP contribution in [0.3, 0.4) is 0 Å². The number of anilines is 2. The van der Waals surface area contributed by atoms with Gasteiger partial charge in [0.15, 0.2) is 11.6 Å². The number of nitrogens with one attached hydrogen (secondary N) is 1. The van der Waals surface area contributed by atoms with Crippen LogP contribution in [0, 0.1) is 33.7 Å². The Morgan fingerprint density at radius 1 is 0.855 bits per heavy atom. The van der Waals surface area contributed by atoms with E-state index in [1.807, 2.05) is 17.9 Å². The van der Waals surface area contributed by atoms with Gasteiger partial charge in [-0.05, 0) is 167 Å². The number of pyridine rings is 1. The van der Waals surface area contributed by atoms with Gasteiger partial charge >= 0.3 is 12.0 Å². The minimum Gasteiger partial charge on any atom is -0.508 e. The molecule has 7 fully saturated rings. The van der Waals surface area contributed by atoms with Crippen LogP contribution in [0.15, 0.2) is 42.6 Å². The lowest BCUT2D eigenvalue weighted by molar-refractivity contribution is -0.204. The number of nitrogens with zero attached hydrogens (tertiary/aromatic N) is 9. The van der Waals surface area contributed by atoms with Crippen molar-refractivity contribution in [3.8, 4) is 23.0 Å². The molecular formula is C57H63F5N10O4. The standard InChI is InChI=1S/C57H63F5N10O4/c1-3-37-42(58)6-5-34-23-36(73)24-40(46(34)37)48-47(60)49-41(29-63-48)50(71-17-4-10-56(31-71)13-14-57(56,61)62)66-52(65-49)76-32-55(11-12-55)30-69-21-15-54(16-22-69)27-35(28-54)70-18-7-33(8-19-70)38-26-44-39(25-43(38)59)51(67-68(44)2)72-20-9-45(74)64-53(72)75/h5-6,23-26,29,33,35,73H,3-4,7-22,27-28,30-32H2,1-2H3,(H,64,74,75). The zero-order chi connectivity index (χ0) is 52.5. The number of fused-ring (bicyclic) bond motifs is 3. The Morgan fingerprint density at radius 3 is 2.36 bits per heavy atom. The SMILES string of the molecule is CCc1c(F)ccc2cc(O)cc(-c3ncc4c(N5CCCC6(CCC6(F)F)C5)nc(OCC5(CN6CCC7(CC6)CC(N6CCC(c8cc9c(cc8F)c(N8CCC(=O)NC8=O)nn9C)CC6)C7)CC5)nc4c3F)c12. The predicted molar refractivity (Wildman–Crippen MR) is 277 cm³/mol. The average Bonchev–Trinajstić information content (AvgIpc) is 4.19. The maximum atomic E-state index is 17.3. The van der Waals surface area contributed by atoms with Gasteiger partial charge in [0.05, 0.1) is 22.9 Å². The molecule has 2 N–H and O–H groups in total. The number of aromatic nitrogens is 5. The molecule has 13 rings (SSSR count). The van der Waals surface area contributed by atoms with Crippen molar-refractivity contribution in [2.75, 3.05) is 68.8 Å². The fraction of sp³-hybridized carbons (Fsp3) is 0.544. The van der Waals surface area contributed by atoms with Crippen LogP contribution < -0.4 is 19.9 Å². The predicted octanol–water partition coefficient (Wildman–Crippen LogP) is 10.2. The number of hydrogen-bond donors (Lipinski definition) is 2. The van der Waals surface area contributed by atoms with E-state index in [1.54, 1.807) is 17.8 Å². The molecule has 0 radical (unpaired) electrons. The fourth-order valence-corrected chi connectivity index (χ4v) is 14.2. The van der Waals surface area contributed by atoms with Crippen LogP contribution >= 0.6 is 0 Å². The van der Waals surface area contributed by atoms with E-state index < -0.39 is 29.0 Å². The Bertz CT molecular complexity index is 3340. The van der Waals surface area contributed by atoms with E-state index in [2.05, 4.69) is 30.2 Å². The van der Waals surface area contributed by atoms with Gasteiger partial charge in [-0.3, -0.25) is 24.7 Å². The molecule has 6 aromatic rings. The molecule has 400 valence electrons. The molecule has 14 nitrogen and oxygen atoms in total. The summed E-state index contributed by atoms with van der Waals surface area (Å²) in [5, 5.41) is 19.5. The Morgan fingerprint density at radius 2 is 1.64 bits per heavy atom. The lowest BCUT2D eigenvalue weighted by Gasteiger charge is -2.56. The number of carbonyl (C=O) groups excluding carboxylic acids is 2. The number of likely N-dealkylation sites (tertiary alicyclic amines) is 2. The topological polar surface area (TPSA) is 145 Å². The number of rotatable bonds is 11. The van der Waals surface area contributed by atoms with Crippen molar-refractivity contribution >= 4 is 56.2 Å². The normalized spacial score (nSPS) is 23.9. The second kappa shape index (κ2) is 18.2. The van der Waals surface area contributed by atoms with Crippen molar-refractivity contribution in [2.24, 2.45) is 23.3 Å². The van der Waals surface area contributed by atoms with Crippen molar-refractivity contribution in [3.05, 3.63) is 71.2 Å². The highest BCUT2D eigenvalue weighted by molar-refractivity contribution is 6.09. The molecule has 2 spiro atoms. The number of phenols is 1. The number of carbonyl (C=O) groups is 2. The van der Waals surface area contributed by atoms with Gasteiger partial charge in [-0.25, -0.2) is 26.7 Å². The van der Waals surface area contributed by atoms with Crippen LogP contribution in [0.1, 0.15) is 107 Å². The van der Waals surface area contributed by atoms with E-state index in [0.717, 1.165) is 89.6 Å². The number of amides is 3. The van der Waals surface area contributed by atoms with Crippen molar-refractivity contribution in [2.45, 2.75) is 115 Å². The van der Waals surface area contributed by atoms with Crippen LogP contribution in [0.25, 0.3) is 43.8 Å². The summed E-state index contributed by atoms with van der Waals surface area (Å²) in [7, 11) is 1.79. The quantitative estimate of drug-likeness (QED) is 0.120. The Hall–Kier alpha value is -6.21. The van der Waals surface area contributed by atoms with E-state index in [4.69, 9.17) is 9.72 Å². The minimum absolute atomic E-state index is 0.0355. The molecule has 3 saturated carbocycles. The summed E-state index contributed by atoms with van der Waals surface area (Å²) in [6.07, 6.45) is 11.3. The average molecular weight is 1050 g/mol. The smallest absolute Gasteiger partial charge is 0.329 e. The number of ether oxygens (including phenoxy) is 1. The third-order valence-corrected chi connectivity index (χ3v) is 19.0. The van der Waals surface area contributed by atoms with Gasteiger partial charge in [0.25, 0.3) is 5.92 Å². The molecule has 3 aromatic heterocycles. The Kier molecular flexibility index (Phi) is 11.8. The highest BCUT2D eigenvalue weighted by Crippen LogP contribution is 2.59.